The van der Waals surface area contributed by atoms with E-state index in [-0.39, 0.29) is 0 Å². The first-order chi connectivity index (χ1) is 10.3. The van der Waals surface area contributed by atoms with Crippen molar-refractivity contribution in [1.82, 2.24) is 4.98 Å². The van der Waals surface area contributed by atoms with Gasteiger partial charge in [-0.1, -0.05) is 0 Å². The standard InChI is InChI=1S/C15H14N4O2/c16-9-10-4-5-18-15(14(10)17)19-11-2-3-12-13(8-11)21-7-1-6-20-12/h2-5,8H,1,6-7,17H2,(H,18,19). The molecule has 0 saturated carbocycles. The third-order valence-corrected chi connectivity index (χ3v) is 3.12. The van der Waals surface area contributed by atoms with Crippen molar-refractivity contribution in [2.45, 2.75) is 6.42 Å². The van der Waals surface area contributed by atoms with E-state index < -0.39 is 0 Å². The zero-order chi connectivity index (χ0) is 14.7. The molecular formula is C15H14N4O2. The van der Waals surface area contributed by atoms with Gasteiger partial charge in [0.15, 0.2) is 17.3 Å². The van der Waals surface area contributed by atoms with Crippen molar-refractivity contribution in [3.8, 4) is 17.6 Å². The number of pyridine rings is 1. The number of benzene rings is 1. The lowest BCUT2D eigenvalue weighted by molar-refractivity contribution is 0.297. The average Bonchev–Trinajstić information content (AvgIpc) is 2.74. The summed E-state index contributed by atoms with van der Waals surface area (Å²) in [5, 5.41) is 12.1. The second kappa shape index (κ2) is 5.59. The normalized spacial score (nSPS) is 13.1. The van der Waals surface area contributed by atoms with Crippen molar-refractivity contribution >= 4 is 17.2 Å². The molecule has 3 rings (SSSR count). The molecule has 0 fully saturated rings. The highest BCUT2D eigenvalue weighted by Crippen LogP contribution is 2.34. The van der Waals surface area contributed by atoms with Gasteiger partial charge >= 0.3 is 0 Å². The lowest BCUT2D eigenvalue weighted by Gasteiger charge is -2.12. The third-order valence-electron chi connectivity index (χ3n) is 3.12. The van der Waals surface area contributed by atoms with E-state index in [4.69, 9.17) is 20.5 Å². The van der Waals surface area contributed by atoms with Crippen LogP contribution in [0.4, 0.5) is 17.2 Å². The van der Waals surface area contributed by atoms with E-state index in [1.54, 1.807) is 12.3 Å². The molecule has 0 saturated heterocycles. The van der Waals surface area contributed by atoms with Crippen LogP contribution in [0.15, 0.2) is 30.5 Å². The molecule has 2 heterocycles. The molecule has 0 amide bonds. The van der Waals surface area contributed by atoms with Crippen LogP contribution in [0.25, 0.3) is 0 Å². The van der Waals surface area contributed by atoms with Crippen molar-refractivity contribution in [3.63, 3.8) is 0 Å². The van der Waals surface area contributed by atoms with Gasteiger partial charge < -0.3 is 20.5 Å². The quantitative estimate of drug-likeness (QED) is 0.878. The monoisotopic (exact) mass is 282 g/mol. The summed E-state index contributed by atoms with van der Waals surface area (Å²) in [5.41, 5.74) is 7.39. The van der Waals surface area contributed by atoms with E-state index in [0.29, 0.717) is 36.0 Å². The zero-order valence-corrected chi connectivity index (χ0v) is 11.3. The summed E-state index contributed by atoms with van der Waals surface area (Å²) in [6.07, 6.45) is 2.40. The number of hydrogen-bond acceptors (Lipinski definition) is 6. The van der Waals surface area contributed by atoms with Crippen LogP contribution < -0.4 is 20.5 Å². The first-order valence-electron chi connectivity index (χ1n) is 6.59. The van der Waals surface area contributed by atoms with Gasteiger partial charge in [-0.2, -0.15) is 5.26 Å². The summed E-state index contributed by atoms with van der Waals surface area (Å²) in [4.78, 5) is 4.15. The number of anilines is 3. The molecule has 0 spiro atoms. The van der Waals surface area contributed by atoms with Crippen molar-refractivity contribution in [2.24, 2.45) is 0 Å². The summed E-state index contributed by atoms with van der Waals surface area (Å²) in [6, 6.07) is 9.14. The van der Waals surface area contributed by atoms with Gasteiger partial charge in [0.1, 0.15) is 6.07 Å². The summed E-state index contributed by atoms with van der Waals surface area (Å²) >= 11 is 0. The van der Waals surface area contributed by atoms with Crippen LogP contribution in [0.1, 0.15) is 12.0 Å². The van der Waals surface area contributed by atoms with Crippen LogP contribution in [-0.2, 0) is 0 Å². The fourth-order valence-electron chi connectivity index (χ4n) is 2.05. The molecule has 0 bridgehead atoms. The molecule has 6 heteroatoms. The summed E-state index contributed by atoms with van der Waals surface area (Å²) in [6.45, 7) is 1.28. The van der Waals surface area contributed by atoms with Gasteiger partial charge in [-0.15, -0.1) is 0 Å². The number of aromatic nitrogens is 1. The van der Waals surface area contributed by atoms with Crippen molar-refractivity contribution in [1.29, 1.82) is 5.26 Å². The molecule has 106 valence electrons. The second-order valence-electron chi connectivity index (χ2n) is 4.57. The van der Waals surface area contributed by atoms with Gasteiger partial charge in [0.25, 0.3) is 0 Å². The molecule has 21 heavy (non-hydrogen) atoms. The fraction of sp³-hybridized carbons (Fsp3) is 0.200. The number of nitrogens with one attached hydrogen (secondary N) is 1. The smallest absolute Gasteiger partial charge is 0.163 e. The lowest BCUT2D eigenvalue weighted by atomic mass is 10.2. The van der Waals surface area contributed by atoms with Gasteiger partial charge in [-0.25, -0.2) is 4.98 Å². The fourth-order valence-corrected chi connectivity index (χ4v) is 2.05. The summed E-state index contributed by atoms with van der Waals surface area (Å²) in [7, 11) is 0. The van der Waals surface area contributed by atoms with Crippen molar-refractivity contribution in [2.75, 3.05) is 24.3 Å². The molecule has 1 aliphatic heterocycles. The highest BCUT2D eigenvalue weighted by molar-refractivity contribution is 5.74. The predicted octanol–water partition coefficient (Wildman–Crippen LogP) is 2.44. The van der Waals surface area contributed by atoms with Crippen LogP contribution in [0.5, 0.6) is 11.5 Å². The summed E-state index contributed by atoms with van der Waals surface area (Å²) < 4.78 is 11.2. The molecule has 1 aromatic heterocycles. The topological polar surface area (TPSA) is 93.2 Å². The first-order valence-corrected chi connectivity index (χ1v) is 6.59. The Kier molecular flexibility index (Phi) is 3.48. The molecule has 0 aliphatic carbocycles. The number of ether oxygens (including phenoxy) is 2. The number of rotatable bonds is 2. The number of hydrogen-bond donors (Lipinski definition) is 2. The van der Waals surface area contributed by atoms with Crippen molar-refractivity contribution < 1.29 is 9.47 Å². The van der Waals surface area contributed by atoms with Gasteiger partial charge in [0.2, 0.25) is 0 Å². The van der Waals surface area contributed by atoms with Gasteiger partial charge in [-0.3, -0.25) is 0 Å². The number of nitrogen functional groups attached to an aromatic ring is 1. The maximum Gasteiger partial charge on any atom is 0.163 e. The minimum atomic E-state index is 0.326. The Balaban J connectivity index is 1.89. The number of nitrogens with two attached hydrogens (primary N) is 1. The molecule has 0 atom stereocenters. The van der Waals surface area contributed by atoms with Crippen LogP contribution in [-0.4, -0.2) is 18.2 Å². The van der Waals surface area contributed by atoms with Crippen LogP contribution >= 0.6 is 0 Å². The van der Waals surface area contributed by atoms with Crippen LogP contribution in [0, 0.1) is 11.3 Å². The molecule has 2 aromatic rings. The molecule has 3 N–H and O–H groups in total. The van der Waals surface area contributed by atoms with E-state index in [9.17, 15) is 0 Å². The molecule has 0 unspecified atom stereocenters. The van der Waals surface area contributed by atoms with E-state index >= 15 is 0 Å². The van der Waals surface area contributed by atoms with E-state index in [2.05, 4.69) is 10.3 Å². The molecule has 6 nitrogen and oxygen atoms in total. The Morgan fingerprint density at radius 1 is 1.19 bits per heavy atom. The minimum absolute atomic E-state index is 0.326. The molecule has 1 aromatic carbocycles. The summed E-state index contributed by atoms with van der Waals surface area (Å²) in [5.74, 6) is 1.86. The number of nitrogens with zero attached hydrogens (tertiary/aromatic N) is 2. The Labute approximate surface area is 122 Å². The molecule has 0 radical (unpaired) electrons. The largest absolute Gasteiger partial charge is 0.490 e. The first kappa shape index (κ1) is 13.1. The average molecular weight is 282 g/mol. The van der Waals surface area contributed by atoms with Gasteiger partial charge in [0.05, 0.1) is 24.5 Å². The van der Waals surface area contributed by atoms with Gasteiger partial charge in [0, 0.05) is 24.4 Å². The van der Waals surface area contributed by atoms with Crippen LogP contribution in [0.2, 0.25) is 0 Å². The maximum absolute atomic E-state index is 8.98. The predicted molar refractivity (Wildman–Crippen MR) is 78.7 cm³/mol. The van der Waals surface area contributed by atoms with Crippen molar-refractivity contribution in [3.05, 3.63) is 36.0 Å². The number of nitriles is 1. The van der Waals surface area contributed by atoms with Crippen LogP contribution in [0.3, 0.4) is 0 Å². The van der Waals surface area contributed by atoms with Gasteiger partial charge in [-0.05, 0) is 18.2 Å². The maximum atomic E-state index is 8.98. The Morgan fingerprint density at radius 3 is 2.81 bits per heavy atom. The van der Waals surface area contributed by atoms with E-state index in [1.807, 2.05) is 24.3 Å². The number of fused-ring (bicyclic) bond motifs is 1. The Morgan fingerprint density at radius 2 is 2.00 bits per heavy atom. The Hall–Kier alpha value is -2.94. The second-order valence-corrected chi connectivity index (χ2v) is 4.57. The molecular weight excluding hydrogens is 268 g/mol. The third kappa shape index (κ3) is 2.67. The zero-order valence-electron chi connectivity index (χ0n) is 11.3. The highest BCUT2D eigenvalue weighted by atomic mass is 16.5. The van der Waals surface area contributed by atoms with E-state index in [1.165, 1.54) is 0 Å². The van der Waals surface area contributed by atoms with E-state index in [0.717, 1.165) is 17.9 Å². The SMILES string of the molecule is N#Cc1ccnc(Nc2ccc3c(c2)OCCCO3)c1N. The molecule has 1 aliphatic rings. The highest BCUT2D eigenvalue weighted by Gasteiger charge is 2.12. The Bertz CT molecular complexity index is 709. The minimum Gasteiger partial charge on any atom is -0.490 e. The lowest BCUT2D eigenvalue weighted by Crippen LogP contribution is -2.01.